The third kappa shape index (κ3) is 4.09. The number of nitrogens with one attached hydrogen (secondary N) is 1. The zero-order chi connectivity index (χ0) is 20.3. The molecule has 2 aromatic carbocycles. The quantitative estimate of drug-likeness (QED) is 0.628. The molecule has 4 heteroatoms. The number of rotatable bonds is 4. The van der Waals surface area contributed by atoms with Gasteiger partial charge >= 0.3 is 0 Å². The Morgan fingerprint density at radius 3 is 2.68 bits per heavy atom. The van der Waals surface area contributed by atoms with Gasteiger partial charge in [-0.25, -0.2) is 0 Å². The van der Waals surface area contributed by atoms with Crippen LogP contribution in [0.2, 0.25) is 0 Å². The molecule has 1 atom stereocenters. The van der Waals surface area contributed by atoms with E-state index in [1.807, 2.05) is 42.5 Å². The van der Waals surface area contributed by atoms with Gasteiger partial charge in [0.2, 0.25) is 0 Å². The fraction of sp³-hybridized carbons (Fsp3) is 0.333. The van der Waals surface area contributed by atoms with E-state index >= 15 is 0 Å². The van der Waals surface area contributed by atoms with Gasteiger partial charge in [-0.1, -0.05) is 43.3 Å². The molecule has 0 aromatic heterocycles. The van der Waals surface area contributed by atoms with Crippen molar-refractivity contribution >= 4 is 17.7 Å². The van der Waals surface area contributed by atoms with E-state index in [0.29, 0.717) is 12.5 Å². The Bertz CT molecular complexity index is 938. The van der Waals surface area contributed by atoms with Gasteiger partial charge in [0, 0.05) is 24.8 Å². The molecule has 1 aliphatic rings. The standard InChI is InChI=1S/C24H27N3O/c1-17-14-24(2,3)27(4)22-11-10-19(13-21(17)22)12-20(15-25)23(28)26-16-18-8-6-5-7-9-18/h5-13,17H,14,16H2,1-4H3,(H,26,28)/b20-12-/t17-/m1/s1. The van der Waals surface area contributed by atoms with E-state index in [-0.39, 0.29) is 17.0 Å². The lowest BCUT2D eigenvalue weighted by Crippen LogP contribution is -2.45. The third-order valence-electron chi connectivity index (χ3n) is 5.63. The summed E-state index contributed by atoms with van der Waals surface area (Å²) in [6, 6.07) is 17.9. The van der Waals surface area contributed by atoms with E-state index in [4.69, 9.17) is 0 Å². The van der Waals surface area contributed by atoms with Gasteiger partial charge in [-0.2, -0.15) is 5.26 Å². The second-order valence-electron chi connectivity index (χ2n) is 8.13. The zero-order valence-corrected chi connectivity index (χ0v) is 17.0. The minimum atomic E-state index is -0.352. The number of carbonyl (C=O) groups excluding carboxylic acids is 1. The lowest BCUT2D eigenvalue weighted by atomic mass is 9.80. The van der Waals surface area contributed by atoms with Crippen LogP contribution in [0.4, 0.5) is 5.69 Å². The van der Waals surface area contributed by atoms with Gasteiger partial charge in [-0.05, 0) is 61.1 Å². The minimum Gasteiger partial charge on any atom is -0.369 e. The Morgan fingerprint density at radius 1 is 1.29 bits per heavy atom. The van der Waals surface area contributed by atoms with Gasteiger partial charge in [-0.15, -0.1) is 0 Å². The van der Waals surface area contributed by atoms with E-state index in [2.05, 4.69) is 50.2 Å². The smallest absolute Gasteiger partial charge is 0.262 e. The van der Waals surface area contributed by atoms with Crippen LogP contribution in [0.5, 0.6) is 0 Å². The monoisotopic (exact) mass is 373 g/mol. The number of anilines is 1. The van der Waals surface area contributed by atoms with Crippen molar-refractivity contribution in [3.8, 4) is 6.07 Å². The molecule has 0 radical (unpaired) electrons. The van der Waals surface area contributed by atoms with Gasteiger partial charge in [-0.3, -0.25) is 4.79 Å². The van der Waals surface area contributed by atoms with Gasteiger partial charge in [0.1, 0.15) is 11.6 Å². The molecule has 1 N–H and O–H groups in total. The summed E-state index contributed by atoms with van der Waals surface area (Å²) in [5.74, 6) is 0.0716. The molecule has 2 aromatic rings. The predicted octanol–water partition coefficient (Wildman–Crippen LogP) is 4.63. The fourth-order valence-corrected chi connectivity index (χ4v) is 3.87. The van der Waals surface area contributed by atoms with Crippen molar-refractivity contribution in [3.63, 3.8) is 0 Å². The molecule has 3 rings (SSSR count). The Labute approximate surface area is 167 Å². The van der Waals surface area contributed by atoms with Crippen LogP contribution in [0.1, 0.15) is 49.8 Å². The molecule has 0 fully saturated rings. The minimum absolute atomic E-state index is 0.110. The molecule has 1 amide bonds. The number of hydrogen-bond acceptors (Lipinski definition) is 3. The molecule has 28 heavy (non-hydrogen) atoms. The summed E-state index contributed by atoms with van der Waals surface area (Å²) in [7, 11) is 2.12. The highest BCUT2D eigenvalue weighted by atomic mass is 16.1. The van der Waals surface area contributed by atoms with Crippen LogP contribution >= 0.6 is 0 Å². The molecular weight excluding hydrogens is 346 g/mol. The number of nitrogens with zero attached hydrogens (tertiary/aromatic N) is 2. The van der Waals surface area contributed by atoms with Crippen LogP contribution in [0.3, 0.4) is 0 Å². The van der Waals surface area contributed by atoms with Gasteiger partial charge in [0.15, 0.2) is 0 Å². The first kappa shape index (κ1) is 19.7. The third-order valence-corrected chi connectivity index (χ3v) is 5.63. The fourth-order valence-electron chi connectivity index (χ4n) is 3.87. The molecule has 0 saturated heterocycles. The molecule has 0 spiro atoms. The second kappa shape index (κ2) is 7.90. The molecule has 1 aliphatic heterocycles. The van der Waals surface area contributed by atoms with Crippen molar-refractivity contribution in [3.05, 3.63) is 70.8 Å². The van der Waals surface area contributed by atoms with Crippen LogP contribution in [0.15, 0.2) is 54.1 Å². The molecule has 0 unspecified atom stereocenters. The molecule has 1 heterocycles. The maximum absolute atomic E-state index is 12.4. The highest BCUT2D eigenvalue weighted by Gasteiger charge is 2.33. The SMILES string of the molecule is C[C@@H]1CC(C)(C)N(C)c2ccc(/C=C(/C#N)C(=O)NCc3ccccc3)cc21. The van der Waals surface area contributed by atoms with Crippen molar-refractivity contribution < 1.29 is 4.79 Å². The molecular formula is C24H27N3O. The molecule has 0 saturated carbocycles. The first-order valence-electron chi connectivity index (χ1n) is 9.63. The van der Waals surface area contributed by atoms with Crippen LogP contribution in [-0.4, -0.2) is 18.5 Å². The average molecular weight is 374 g/mol. The van der Waals surface area contributed by atoms with Gasteiger partial charge in [0.05, 0.1) is 0 Å². The van der Waals surface area contributed by atoms with Crippen LogP contribution < -0.4 is 10.2 Å². The number of hydrogen-bond donors (Lipinski definition) is 1. The highest BCUT2D eigenvalue weighted by Crippen LogP contribution is 2.42. The summed E-state index contributed by atoms with van der Waals surface area (Å²) < 4.78 is 0. The number of carbonyl (C=O) groups is 1. The zero-order valence-electron chi connectivity index (χ0n) is 17.0. The van der Waals surface area contributed by atoms with E-state index < -0.39 is 0 Å². The summed E-state index contributed by atoms with van der Waals surface area (Å²) in [5, 5.41) is 12.3. The second-order valence-corrected chi connectivity index (χ2v) is 8.13. The van der Waals surface area contributed by atoms with Crippen molar-refractivity contribution in [2.45, 2.75) is 45.2 Å². The summed E-state index contributed by atoms with van der Waals surface area (Å²) in [5.41, 5.74) is 4.59. The summed E-state index contributed by atoms with van der Waals surface area (Å²) >= 11 is 0. The average Bonchev–Trinajstić information content (AvgIpc) is 2.69. The van der Waals surface area contributed by atoms with Crippen LogP contribution in [0, 0.1) is 11.3 Å². The van der Waals surface area contributed by atoms with Crippen molar-refractivity contribution in [1.82, 2.24) is 5.32 Å². The highest BCUT2D eigenvalue weighted by molar-refractivity contribution is 6.01. The lowest BCUT2D eigenvalue weighted by molar-refractivity contribution is -0.117. The van der Waals surface area contributed by atoms with Crippen LogP contribution in [-0.2, 0) is 11.3 Å². The maximum Gasteiger partial charge on any atom is 0.262 e. The topological polar surface area (TPSA) is 56.1 Å². The first-order chi connectivity index (χ1) is 13.3. The Kier molecular flexibility index (Phi) is 5.56. The first-order valence-corrected chi connectivity index (χ1v) is 9.63. The largest absolute Gasteiger partial charge is 0.369 e. The summed E-state index contributed by atoms with van der Waals surface area (Å²) in [6.07, 6.45) is 2.74. The van der Waals surface area contributed by atoms with E-state index in [9.17, 15) is 10.1 Å². The van der Waals surface area contributed by atoms with Crippen LogP contribution in [0.25, 0.3) is 6.08 Å². The van der Waals surface area contributed by atoms with E-state index in [1.165, 1.54) is 11.3 Å². The normalized spacial score (nSPS) is 18.2. The van der Waals surface area contributed by atoms with Crippen molar-refractivity contribution in [1.29, 1.82) is 5.26 Å². The maximum atomic E-state index is 12.4. The molecule has 144 valence electrons. The summed E-state index contributed by atoms with van der Waals surface area (Å²) in [4.78, 5) is 14.7. The van der Waals surface area contributed by atoms with Gasteiger partial charge in [0.25, 0.3) is 5.91 Å². The summed E-state index contributed by atoms with van der Waals surface area (Å²) in [6.45, 7) is 7.15. The number of amides is 1. The number of nitriles is 1. The number of fused-ring (bicyclic) bond motifs is 1. The lowest BCUT2D eigenvalue weighted by Gasteiger charge is -2.45. The predicted molar refractivity (Wildman–Crippen MR) is 114 cm³/mol. The molecule has 0 bridgehead atoms. The van der Waals surface area contributed by atoms with E-state index in [0.717, 1.165) is 17.5 Å². The molecule has 0 aliphatic carbocycles. The number of benzene rings is 2. The van der Waals surface area contributed by atoms with E-state index in [1.54, 1.807) is 6.08 Å². The Balaban J connectivity index is 1.81. The Hall–Kier alpha value is -3.06. The molecule has 4 nitrogen and oxygen atoms in total. The van der Waals surface area contributed by atoms with Crippen molar-refractivity contribution in [2.24, 2.45) is 0 Å². The van der Waals surface area contributed by atoms with Gasteiger partial charge < -0.3 is 10.2 Å². The van der Waals surface area contributed by atoms with Crippen molar-refractivity contribution in [2.75, 3.05) is 11.9 Å². The Morgan fingerprint density at radius 2 is 2.00 bits per heavy atom.